The molecule has 2 aromatic carbocycles. The number of amides is 1. The van der Waals surface area contributed by atoms with Gasteiger partial charge in [-0.25, -0.2) is 0 Å². The summed E-state index contributed by atoms with van der Waals surface area (Å²) < 4.78 is 0. The molecule has 0 unspecified atom stereocenters. The van der Waals surface area contributed by atoms with E-state index >= 15 is 0 Å². The van der Waals surface area contributed by atoms with Crippen LogP contribution in [0.1, 0.15) is 15.9 Å². The molecular weight excluding hydrogens is 280 g/mol. The van der Waals surface area contributed by atoms with Crippen molar-refractivity contribution < 1.29 is 15.0 Å². The van der Waals surface area contributed by atoms with Crippen molar-refractivity contribution in [2.45, 2.75) is 0 Å². The number of phenols is 2. The van der Waals surface area contributed by atoms with Crippen molar-refractivity contribution in [2.75, 3.05) is 5.32 Å². The van der Waals surface area contributed by atoms with Gasteiger partial charge in [-0.15, -0.1) is 0 Å². The van der Waals surface area contributed by atoms with E-state index in [1.54, 1.807) is 0 Å². The summed E-state index contributed by atoms with van der Waals surface area (Å²) in [4.78, 5) is 12.0. The van der Waals surface area contributed by atoms with E-state index in [0.29, 0.717) is 5.02 Å². The highest BCUT2D eigenvalue weighted by atomic mass is 35.5. The normalized spacial score (nSPS) is 9.80. The van der Waals surface area contributed by atoms with Crippen LogP contribution in [-0.4, -0.2) is 16.1 Å². The van der Waals surface area contributed by atoms with E-state index in [9.17, 15) is 15.0 Å². The Hall–Kier alpha value is -2.71. The predicted molar refractivity (Wildman–Crippen MR) is 73.9 cm³/mol. The highest BCUT2D eigenvalue weighted by molar-refractivity contribution is 6.31. The van der Waals surface area contributed by atoms with Crippen molar-refractivity contribution in [3.05, 3.63) is 52.5 Å². The Bertz CT molecular complexity index is 703. The van der Waals surface area contributed by atoms with Gasteiger partial charge in [-0.1, -0.05) is 11.6 Å². The Balaban J connectivity index is 2.32. The molecule has 0 aliphatic heterocycles. The Morgan fingerprint density at radius 2 is 1.80 bits per heavy atom. The maximum absolute atomic E-state index is 12.0. The highest BCUT2D eigenvalue weighted by Crippen LogP contribution is 2.24. The first kappa shape index (κ1) is 13.7. The van der Waals surface area contributed by atoms with Gasteiger partial charge in [-0.2, -0.15) is 5.26 Å². The molecule has 5 nitrogen and oxygen atoms in total. The number of halogens is 1. The molecule has 0 heterocycles. The van der Waals surface area contributed by atoms with Gasteiger partial charge < -0.3 is 15.5 Å². The third kappa shape index (κ3) is 2.99. The average Bonchev–Trinajstić information content (AvgIpc) is 2.37. The van der Waals surface area contributed by atoms with E-state index in [2.05, 4.69) is 5.32 Å². The van der Waals surface area contributed by atoms with Crippen LogP contribution in [-0.2, 0) is 0 Å². The first-order valence-corrected chi connectivity index (χ1v) is 5.91. The van der Waals surface area contributed by atoms with Gasteiger partial charge >= 0.3 is 0 Å². The monoisotopic (exact) mass is 288 g/mol. The van der Waals surface area contributed by atoms with Crippen molar-refractivity contribution in [2.24, 2.45) is 0 Å². The van der Waals surface area contributed by atoms with Gasteiger partial charge in [0.25, 0.3) is 5.91 Å². The molecule has 0 fully saturated rings. The van der Waals surface area contributed by atoms with E-state index in [4.69, 9.17) is 16.9 Å². The molecular formula is C14H9ClN2O3. The van der Waals surface area contributed by atoms with Gasteiger partial charge in [0.15, 0.2) is 0 Å². The van der Waals surface area contributed by atoms with Gasteiger partial charge in [-0.3, -0.25) is 4.79 Å². The van der Waals surface area contributed by atoms with Gasteiger partial charge in [0.1, 0.15) is 17.6 Å². The smallest absolute Gasteiger partial charge is 0.255 e. The molecule has 0 spiro atoms. The Kier molecular flexibility index (Phi) is 3.78. The van der Waals surface area contributed by atoms with E-state index in [1.807, 2.05) is 6.07 Å². The van der Waals surface area contributed by atoms with Gasteiger partial charge in [0, 0.05) is 16.7 Å². The molecule has 0 radical (unpaired) electrons. The lowest BCUT2D eigenvalue weighted by Gasteiger charge is -2.08. The number of rotatable bonds is 2. The topological polar surface area (TPSA) is 93.4 Å². The molecule has 20 heavy (non-hydrogen) atoms. The number of nitriles is 1. The van der Waals surface area contributed by atoms with Crippen molar-refractivity contribution in [1.29, 1.82) is 5.26 Å². The predicted octanol–water partition coefficient (Wildman–Crippen LogP) is 2.88. The molecule has 1 amide bonds. The van der Waals surface area contributed by atoms with Crippen molar-refractivity contribution in [3.63, 3.8) is 0 Å². The third-order valence-electron chi connectivity index (χ3n) is 2.51. The molecule has 100 valence electrons. The zero-order valence-electron chi connectivity index (χ0n) is 10.1. The summed E-state index contributed by atoms with van der Waals surface area (Å²) in [6.07, 6.45) is 0. The number of carbonyl (C=O) groups excluding carboxylic acids is 1. The number of aromatic hydroxyl groups is 2. The van der Waals surface area contributed by atoms with Crippen LogP contribution >= 0.6 is 11.6 Å². The maximum atomic E-state index is 12.0. The molecule has 6 heteroatoms. The summed E-state index contributed by atoms with van der Waals surface area (Å²) in [7, 11) is 0. The molecule has 0 aliphatic rings. The molecule has 3 N–H and O–H groups in total. The lowest BCUT2D eigenvalue weighted by atomic mass is 10.1. The number of hydrogen-bond donors (Lipinski definition) is 3. The van der Waals surface area contributed by atoms with Gasteiger partial charge in [-0.05, 0) is 30.3 Å². The molecule has 0 saturated carbocycles. The van der Waals surface area contributed by atoms with Gasteiger partial charge in [0.05, 0.1) is 11.3 Å². The number of carbonyl (C=O) groups is 1. The zero-order chi connectivity index (χ0) is 14.7. The molecule has 0 saturated heterocycles. The Morgan fingerprint density at radius 3 is 2.40 bits per heavy atom. The molecule has 2 rings (SSSR count). The average molecular weight is 289 g/mol. The lowest BCUT2D eigenvalue weighted by molar-refractivity contribution is 0.102. The second-order valence-electron chi connectivity index (χ2n) is 3.99. The third-order valence-corrected chi connectivity index (χ3v) is 2.75. The molecule has 2 aromatic rings. The van der Waals surface area contributed by atoms with Crippen LogP contribution in [0.2, 0.25) is 5.02 Å². The van der Waals surface area contributed by atoms with Crippen molar-refractivity contribution in [3.8, 4) is 17.6 Å². The van der Waals surface area contributed by atoms with Crippen molar-refractivity contribution >= 4 is 23.2 Å². The minimum Gasteiger partial charge on any atom is -0.508 e. The molecule has 0 atom stereocenters. The van der Waals surface area contributed by atoms with Crippen LogP contribution in [0.5, 0.6) is 11.5 Å². The van der Waals surface area contributed by atoms with E-state index in [1.165, 1.54) is 30.3 Å². The van der Waals surface area contributed by atoms with E-state index < -0.39 is 5.91 Å². The zero-order valence-corrected chi connectivity index (χ0v) is 10.8. The minimum absolute atomic E-state index is 0.0614. The minimum atomic E-state index is -0.574. The molecule has 0 aliphatic carbocycles. The van der Waals surface area contributed by atoms with E-state index in [-0.39, 0.29) is 28.3 Å². The van der Waals surface area contributed by atoms with Crippen LogP contribution in [0.4, 0.5) is 5.69 Å². The van der Waals surface area contributed by atoms with Gasteiger partial charge in [0.2, 0.25) is 0 Å². The van der Waals surface area contributed by atoms with Crippen molar-refractivity contribution in [1.82, 2.24) is 0 Å². The lowest BCUT2D eigenvalue weighted by Crippen LogP contribution is -2.12. The second-order valence-corrected chi connectivity index (χ2v) is 4.43. The summed E-state index contributed by atoms with van der Waals surface area (Å²) >= 11 is 5.81. The number of nitrogens with zero attached hydrogens (tertiary/aromatic N) is 1. The SMILES string of the molecule is N#Cc1ccc(Cl)cc1NC(=O)c1cc(O)cc(O)c1. The summed E-state index contributed by atoms with van der Waals surface area (Å²) in [5, 5.41) is 30.5. The molecule has 0 aromatic heterocycles. The van der Waals surface area contributed by atoms with E-state index in [0.717, 1.165) is 6.07 Å². The summed E-state index contributed by atoms with van der Waals surface area (Å²) in [5.74, 6) is -1.04. The maximum Gasteiger partial charge on any atom is 0.255 e. The van der Waals surface area contributed by atoms with Crippen LogP contribution in [0.15, 0.2) is 36.4 Å². The number of anilines is 1. The summed E-state index contributed by atoms with van der Waals surface area (Å²) in [5.41, 5.74) is 0.575. The second kappa shape index (κ2) is 5.51. The fourth-order valence-electron chi connectivity index (χ4n) is 1.64. The Labute approximate surface area is 119 Å². The molecule has 0 bridgehead atoms. The fraction of sp³-hybridized carbons (Fsp3) is 0. The van der Waals surface area contributed by atoms with Crippen LogP contribution in [0.3, 0.4) is 0 Å². The standard InChI is InChI=1S/C14H9ClN2O3/c15-10-2-1-8(7-16)13(5-10)17-14(20)9-3-11(18)6-12(19)4-9/h1-6,18-19H,(H,17,20). The first-order chi connectivity index (χ1) is 9.49. The number of phenolic OH excluding ortho intramolecular Hbond substituents is 2. The number of nitrogens with one attached hydrogen (secondary N) is 1. The first-order valence-electron chi connectivity index (χ1n) is 5.53. The number of benzene rings is 2. The summed E-state index contributed by atoms with van der Waals surface area (Å²) in [6, 6.07) is 9.91. The fourth-order valence-corrected chi connectivity index (χ4v) is 1.81. The van der Waals surface area contributed by atoms with Crippen LogP contribution in [0.25, 0.3) is 0 Å². The van der Waals surface area contributed by atoms with Crippen LogP contribution in [0, 0.1) is 11.3 Å². The quantitative estimate of drug-likeness (QED) is 0.792. The van der Waals surface area contributed by atoms with Crippen LogP contribution < -0.4 is 5.32 Å². The number of hydrogen-bond acceptors (Lipinski definition) is 4. The largest absolute Gasteiger partial charge is 0.508 e. The Morgan fingerprint density at radius 1 is 1.15 bits per heavy atom. The summed E-state index contributed by atoms with van der Waals surface area (Å²) in [6.45, 7) is 0. The highest BCUT2D eigenvalue weighted by Gasteiger charge is 2.11.